The largest absolute Gasteiger partial charge is 0.508 e. The highest BCUT2D eigenvalue weighted by Crippen LogP contribution is 2.57. The van der Waals surface area contributed by atoms with E-state index in [1.807, 2.05) is 55.5 Å². The molecule has 0 unspecified atom stereocenters. The van der Waals surface area contributed by atoms with Gasteiger partial charge in [0.05, 0.1) is 42.6 Å². The minimum Gasteiger partial charge on any atom is -0.508 e. The Kier molecular flexibility index (Phi) is 14.8. The van der Waals surface area contributed by atoms with Crippen molar-refractivity contribution >= 4 is 10.8 Å². The van der Waals surface area contributed by atoms with Crippen LogP contribution in [0.1, 0.15) is 137 Å². The lowest BCUT2D eigenvalue weighted by Gasteiger charge is -2.50. The number of phenolic OH excluding ortho intramolecular Hbond substituents is 3. The number of fused-ring (bicyclic) bond motifs is 6. The van der Waals surface area contributed by atoms with Crippen LogP contribution in [0, 0.1) is 35.0 Å². The molecule has 4 aliphatic heterocycles. The molecule has 12 rings (SSSR count). The van der Waals surface area contributed by atoms with Gasteiger partial charge in [0.25, 0.3) is 0 Å². The number of hydrogen-bond donors (Lipinski definition) is 7. The van der Waals surface area contributed by atoms with Crippen molar-refractivity contribution in [2.75, 3.05) is 40.1 Å². The Balaban J connectivity index is 0.982. The zero-order valence-electron chi connectivity index (χ0n) is 44.7. The molecule has 3 saturated carbocycles. The SMILES string of the molecule is CCc1cc(-c2cccc(O)c2)c(Cc2cc(OC3CCCC3)cc3c2OC[C@H]([C@@H]2[C@@H](CCCOC)Oc4c5cc(c6cc(O)ccc46)OCC#C[C@H]4CN[C@@]6(CCC7(CCCC7)C6)N[C@H]4[C@@H](CCO)O[C@@H]52)[C@@H]3O)cc1O. The summed E-state index contributed by atoms with van der Waals surface area (Å²) in [5.74, 6) is 8.53. The van der Waals surface area contributed by atoms with Gasteiger partial charge in [-0.3, -0.25) is 10.6 Å². The molecule has 13 nitrogen and oxygen atoms in total. The Morgan fingerprint density at radius 3 is 2.45 bits per heavy atom. The van der Waals surface area contributed by atoms with Crippen molar-refractivity contribution < 1.29 is 54.0 Å². The second-order valence-electron chi connectivity index (χ2n) is 23.4. The number of nitrogens with one attached hydrogen (secondary N) is 2. The fourth-order valence-corrected chi connectivity index (χ4v) is 14.8. The Bertz CT molecular complexity index is 3030. The van der Waals surface area contributed by atoms with Crippen molar-refractivity contribution in [3.8, 4) is 63.2 Å². The van der Waals surface area contributed by atoms with E-state index in [-0.39, 0.29) is 60.8 Å². The summed E-state index contributed by atoms with van der Waals surface area (Å²) in [5.41, 5.74) is 5.56. The van der Waals surface area contributed by atoms with E-state index < -0.39 is 36.3 Å². The highest BCUT2D eigenvalue weighted by Gasteiger charge is 2.55. The Morgan fingerprint density at radius 2 is 1.65 bits per heavy atom. The maximum absolute atomic E-state index is 13.4. The van der Waals surface area contributed by atoms with Gasteiger partial charge in [-0.05, 0) is 172 Å². The zero-order valence-corrected chi connectivity index (χ0v) is 44.7. The van der Waals surface area contributed by atoms with Crippen molar-refractivity contribution in [3.05, 3.63) is 101 Å². The van der Waals surface area contributed by atoms with Crippen LogP contribution in [0.3, 0.4) is 0 Å². The first kappa shape index (κ1) is 52.0. The minimum atomic E-state index is -1.07. The summed E-state index contributed by atoms with van der Waals surface area (Å²) in [6.45, 7) is 3.33. The van der Waals surface area contributed by atoms with Crippen LogP contribution < -0.4 is 29.6 Å². The molecule has 2 spiro atoms. The first-order valence-corrected chi connectivity index (χ1v) is 28.7. The van der Waals surface area contributed by atoms with E-state index >= 15 is 0 Å². The lowest BCUT2D eigenvalue weighted by Crippen LogP contribution is -2.69. The third kappa shape index (κ3) is 10.2. The van der Waals surface area contributed by atoms with Gasteiger partial charge in [-0.1, -0.05) is 43.7 Å². The van der Waals surface area contributed by atoms with E-state index in [2.05, 4.69) is 22.5 Å². The predicted molar refractivity (Wildman–Crippen MR) is 294 cm³/mol. The first-order valence-electron chi connectivity index (χ1n) is 28.7. The summed E-state index contributed by atoms with van der Waals surface area (Å²) in [4.78, 5) is 0. The summed E-state index contributed by atoms with van der Waals surface area (Å²) in [5, 5.41) is 67.0. The summed E-state index contributed by atoms with van der Waals surface area (Å²) in [6, 6.07) is 22.0. The third-order valence-electron chi connectivity index (χ3n) is 18.6. The highest BCUT2D eigenvalue weighted by molar-refractivity contribution is 5.96. The van der Waals surface area contributed by atoms with E-state index in [0.717, 1.165) is 77.3 Å². The molecule has 408 valence electrons. The standard InChI is InChI=1S/C64H76N2O11/c1-3-38-30-48(39-11-8-13-43(68)28-39)41(31-53(38)70)27-42-29-46(75-45-14-4-5-15-45)33-50-59(71)52(36-74-60(42)50)57-54(16-10-25-72-2)76-61-47-18-17-44(69)32-49(47)56-34-51(61)62(57)77-55(19-24-67)58-40(12-9-26-73-56)35-65-64(66-58)23-22-63(37-64)20-6-7-21-63/h8,11,13,17-18,28-34,40,45,52,54-55,57-59,62,65-71H,3-7,10,14-16,19-27,35-37H2,1-2H3/t40-,52+,54+,55+,57+,58+,59+,62-,64-/m0/s1. The van der Waals surface area contributed by atoms with Crippen molar-refractivity contribution in [2.24, 2.45) is 23.2 Å². The van der Waals surface area contributed by atoms with Gasteiger partial charge in [-0.25, -0.2) is 0 Å². The Hall–Kier alpha value is -5.72. The molecule has 7 aliphatic rings. The van der Waals surface area contributed by atoms with Crippen LogP contribution in [-0.2, 0) is 22.3 Å². The molecule has 0 amide bonds. The van der Waals surface area contributed by atoms with Crippen LogP contribution >= 0.6 is 0 Å². The zero-order chi connectivity index (χ0) is 52.8. The number of aliphatic hydroxyl groups is 2. The molecule has 3 aliphatic carbocycles. The van der Waals surface area contributed by atoms with Crippen LogP contribution in [0.4, 0.5) is 0 Å². The normalized spacial score (nSPS) is 28.4. The number of methoxy groups -OCH3 is 1. The van der Waals surface area contributed by atoms with Gasteiger partial charge < -0.3 is 54.0 Å². The van der Waals surface area contributed by atoms with Gasteiger partial charge in [-0.15, -0.1) is 0 Å². The van der Waals surface area contributed by atoms with E-state index in [0.29, 0.717) is 84.6 Å². The van der Waals surface area contributed by atoms with Gasteiger partial charge in [0.2, 0.25) is 0 Å². The molecular formula is C64H76N2O11. The molecule has 5 aromatic rings. The molecule has 4 heterocycles. The predicted octanol–water partition coefficient (Wildman–Crippen LogP) is 10.5. The highest BCUT2D eigenvalue weighted by atomic mass is 16.5. The van der Waals surface area contributed by atoms with Crippen molar-refractivity contribution in [3.63, 3.8) is 0 Å². The van der Waals surface area contributed by atoms with E-state index in [1.54, 1.807) is 31.4 Å². The maximum Gasteiger partial charge on any atom is 0.149 e. The fourth-order valence-electron chi connectivity index (χ4n) is 14.8. The van der Waals surface area contributed by atoms with Crippen molar-refractivity contribution in [1.29, 1.82) is 0 Å². The Morgan fingerprint density at radius 1 is 0.805 bits per heavy atom. The second kappa shape index (κ2) is 21.8. The molecule has 5 aromatic carbocycles. The van der Waals surface area contributed by atoms with Gasteiger partial charge in [0, 0.05) is 78.6 Å². The summed E-state index contributed by atoms with van der Waals surface area (Å²) >= 11 is 0. The van der Waals surface area contributed by atoms with Crippen LogP contribution in [0.25, 0.3) is 21.9 Å². The first-order chi connectivity index (χ1) is 37.5. The Labute approximate surface area is 452 Å². The van der Waals surface area contributed by atoms with E-state index in [1.165, 1.54) is 32.1 Å². The van der Waals surface area contributed by atoms with Crippen LogP contribution in [0.2, 0.25) is 0 Å². The topological polar surface area (TPSA) is 181 Å². The van der Waals surface area contributed by atoms with Gasteiger partial charge in [-0.2, -0.15) is 0 Å². The fraction of sp³-hybridized carbons (Fsp3) is 0.531. The van der Waals surface area contributed by atoms with Crippen LogP contribution in [0.15, 0.2) is 72.8 Å². The monoisotopic (exact) mass is 1050 g/mol. The summed E-state index contributed by atoms with van der Waals surface area (Å²) in [7, 11) is 1.70. The molecule has 7 N–H and O–H groups in total. The molecule has 13 heteroatoms. The van der Waals surface area contributed by atoms with Crippen LogP contribution in [0.5, 0.6) is 40.2 Å². The molecule has 1 saturated heterocycles. The second-order valence-corrected chi connectivity index (χ2v) is 23.4. The number of aromatic hydroxyl groups is 3. The number of hydrogen-bond acceptors (Lipinski definition) is 13. The smallest absolute Gasteiger partial charge is 0.149 e. The average molecular weight is 1050 g/mol. The summed E-state index contributed by atoms with van der Waals surface area (Å²) < 4.78 is 41.4. The maximum atomic E-state index is 13.4. The van der Waals surface area contributed by atoms with Gasteiger partial charge >= 0.3 is 0 Å². The molecule has 4 fully saturated rings. The van der Waals surface area contributed by atoms with E-state index in [9.17, 15) is 25.5 Å². The molecule has 0 radical (unpaired) electrons. The minimum absolute atomic E-state index is 0.0351. The molecule has 0 aromatic heterocycles. The number of ether oxygens (including phenoxy) is 6. The van der Waals surface area contributed by atoms with Crippen molar-refractivity contribution in [1.82, 2.24) is 10.6 Å². The van der Waals surface area contributed by atoms with Crippen molar-refractivity contribution in [2.45, 2.75) is 152 Å². The average Bonchev–Trinajstić information content (AvgIpc) is 4.22. The molecule has 2 bridgehead atoms. The number of benzene rings is 5. The lowest BCUT2D eigenvalue weighted by molar-refractivity contribution is -0.148. The summed E-state index contributed by atoms with van der Waals surface area (Å²) in [6.07, 6.45) is 12.2. The molecule has 9 atom stereocenters. The third-order valence-corrected chi connectivity index (χ3v) is 18.6. The molecular weight excluding hydrogens is 973 g/mol. The lowest BCUT2D eigenvalue weighted by atomic mass is 9.72. The number of phenols is 3. The number of rotatable bonds is 13. The molecule has 77 heavy (non-hydrogen) atoms. The van der Waals surface area contributed by atoms with Gasteiger partial charge in [0.15, 0.2) is 0 Å². The quantitative estimate of drug-likeness (QED) is 0.0438. The van der Waals surface area contributed by atoms with Crippen LogP contribution in [-0.4, -0.2) is 95.6 Å². The number of aliphatic hydroxyl groups excluding tert-OH is 2. The number of aryl methyl sites for hydroxylation is 1. The van der Waals surface area contributed by atoms with Gasteiger partial charge in [0.1, 0.15) is 53.0 Å². The van der Waals surface area contributed by atoms with E-state index in [4.69, 9.17) is 28.4 Å².